The Kier molecular flexibility index (Phi) is 7.19. The monoisotopic (exact) mass is 210 g/mol. The van der Waals surface area contributed by atoms with Crippen LogP contribution in [0.1, 0.15) is 19.8 Å². The van der Waals surface area contributed by atoms with Gasteiger partial charge in [-0.25, -0.2) is 0 Å². The molecule has 0 aliphatic carbocycles. The molecule has 0 saturated heterocycles. The minimum Gasteiger partial charge on any atom is -0.356 e. The maximum Gasteiger partial charge on any atom is 0.275 e. The maximum absolute atomic E-state index is 10.7. The van der Waals surface area contributed by atoms with E-state index in [-0.39, 0.29) is 11.9 Å². The maximum atomic E-state index is 10.7. The van der Waals surface area contributed by atoms with Crippen LogP contribution in [0.3, 0.4) is 0 Å². The highest BCUT2D eigenvalue weighted by Gasteiger charge is 2.15. The topological polar surface area (TPSA) is 32.3 Å². The number of amides is 1. The van der Waals surface area contributed by atoms with Crippen LogP contribution in [0.5, 0.6) is 0 Å². The highest BCUT2D eigenvalue weighted by Crippen LogP contribution is 2.12. The van der Waals surface area contributed by atoms with Crippen molar-refractivity contribution in [2.24, 2.45) is 5.92 Å². The van der Waals surface area contributed by atoms with E-state index in [9.17, 15) is 4.79 Å². The van der Waals surface area contributed by atoms with E-state index in [0.717, 1.165) is 19.4 Å². The summed E-state index contributed by atoms with van der Waals surface area (Å²) in [5.74, 6) is -0.109. The van der Waals surface area contributed by atoms with Gasteiger partial charge >= 0.3 is 0 Å². The molecule has 0 spiro atoms. The Morgan fingerprint density at radius 1 is 1.64 bits per heavy atom. The summed E-state index contributed by atoms with van der Waals surface area (Å²) in [6, 6.07) is 0. The van der Waals surface area contributed by atoms with Gasteiger partial charge in [0.15, 0.2) is 7.98 Å². The molecule has 2 atom stereocenters. The molecule has 0 bridgehead atoms. The molecule has 14 heavy (non-hydrogen) atoms. The van der Waals surface area contributed by atoms with Crippen molar-refractivity contribution in [3.63, 3.8) is 0 Å². The second-order valence-electron chi connectivity index (χ2n) is 3.41. The van der Waals surface area contributed by atoms with Gasteiger partial charge < -0.3 is 10.1 Å². The third-order valence-corrected chi connectivity index (χ3v) is 2.30. The van der Waals surface area contributed by atoms with Crippen LogP contribution < -0.4 is 5.32 Å². The summed E-state index contributed by atoms with van der Waals surface area (Å²) >= 11 is 3.61. The molecule has 3 nitrogen and oxygen atoms in total. The summed E-state index contributed by atoms with van der Waals surface area (Å²) < 4.78 is 0. The highest BCUT2D eigenvalue weighted by molar-refractivity contribution is 7.96. The molecule has 0 heterocycles. The van der Waals surface area contributed by atoms with Gasteiger partial charge in [-0.15, -0.1) is 0 Å². The molecule has 6 heteroatoms. The van der Waals surface area contributed by atoms with Gasteiger partial charge in [-0.3, -0.25) is 4.79 Å². The fraction of sp³-hybridized carbons (Fsp3) is 0.875. The summed E-state index contributed by atoms with van der Waals surface area (Å²) in [5, 5.41) is 2.17. The molecule has 0 aromatic rings. The smallest absolute Gasteiger partial charge is 0.275 e. The minimum atomic E-state index is -0.392. The fourth-order valence-electron chi connectivity index (χ4n) is 1.27. The van der Waals surface area contributed by atoms with E-state index >= 15 is 0 Å². The first-order valence-corrected chi connectivity index (χ1v) is 5.13. The van der Waals surface area contributed by atoms with Crippen LogP contribution in [0.25, 0.3) is 0 Å². The largest absolute Gasteiger partial charge is 0.356 e. The Morgan fingerprint density at radius 3 is 2.57 bits per heavy atom. The van der Waals surface area contributed by atoms with Gasteiger partial charge in [0, 0.05) is 0 Å². The lowest BCUT2D eigenvalue weighted by atomic mass is 9.80. The Hall–Kier alpha value is -0.0901. The second kappa shape index (κ2) is 7.23. The Morgan fingerprint density at radius 2 is 2.21 bits per heavy atom. The van der Waals surface area contributed by atoms with Crippen molar-refractivity contribution in [3.8, 4) is 0 Å². The lowest BCUT2D eigenvalue weighted by Gasteiger charge is -2.25. The first-order chi connectivity index (χ1) is 6.47. The van der Waals surface area contributed by atoms with Gasteiger partial charge in [0.25, 0.3) is 5.24 Å². The molecular formula is C8H16B2N2OS. The molecule has 0 saturated carbocycles. The van der Waals surface area contributed by atoms with Crippen molar-refractivity contribution in [2.75, 3.05) is 13.6 Å². The van der Waals surface area contributed by atoms with Gasteiger partial charge in [-0.1, -0.05) is 26.0 Å². The van der Waals surface area contributed by atoms with E-state index in [1.807, 2.05) is 6.92 Å². The molecule has 0 rings (SSSR count). The Balaban J connectivity index is 3.92. The molecule has 0 aromatic carbocycles. The van der Waals surface area contributed by atoms with E-state index in [1.165, 1.54) is 0 Å². The average Bonchev–Trinajstić information content (AvgIpc) is 2.03. The number of nitrogens with zero attached hydrogens (tertiary/aromatic N) is 1. The number of nitrogens with one attached hydrogen (secondary N) is 1. The van der Waals surface area contributed by atoms with Crippen LogP contribution in [-0.2, 0) is 0 Å². The van der Waals surface area contributed by atoms with Crippen LogP contribution in [0.2, 0.25) is 0 Å². The number of rotatable bonds is 6. The number of carbonyl (C=O) groups is 1. The number of hydrogen-bond donors (Lipinski definition) is 2. The summed E-state index contributed by atoms with van der Waals surface area (Å²) in [6.45, 7) is 2.79. The quantitative estimate of drug-likeness (QED) is 0.495. The molecule has 76 valence electrons. The molecule has 1 amide bonds. The first kappa shape index (κ1) is 13.9. The van der Waals surface area contributed by atoms with Crippen LogP contribution in [0.15, 0.2) is 0 Å². The standard InChI is InChI=1S/C8H16B2N2OS/c1-3-6(4-5-12(2)10)7(9)11-8(13)14/h6-7H,3-5H2,1-2H3,(H2,11,13,14). The lowest BCUT2D eigenvalue weighted by molar-refractivity contribution is 0.256. The zero-order valence-corrected chi connectivity index (χ0v) is 9.63. The molecule has 1 N–H and O–H groups in total. The van der Waals surface area contributed by atoms with Crippen molar-refractivity contribution in [3.05, 3.63) is 0 Å². The fourth-order valence-corrected chi connectivity index (χ4v) is 1.42. The predicted molar refractivity (Wildman–Crippen MR) is 63.8 cm³/mol. The molecule has 2 unspecified atom stereocenters. The van der Waals surface area contributed by atoms with Crippen molar-refractivity contribution in [1.29, 1.82) is 0 Å². The zero-order valence-electron chi connectivity index (χ0n) is 8.73. The van der Waals surface area contributed by atoms with Crippen LogP contribution in [0.4, 0.5) is 4.79 Å². The minimum absolute atomic E-state index is 0.233. The first-order valence-electron chi connectivity index (χ1n) is 4.68. The number of thiol groups is 1. The third-order valence-electron chi connectivity index (χ3n) is 2.17. The summed E-state index contributed by atoms with van der Waals surface area (Å²) in [5.41, 5.74) is 0. The van der Waals surface area contributed by atoms with E-state index in [1.54, 1.807) is 11.9 Å². The molecular weight excluding hydrogens is 194 g/mol. The molecule has 0 aliphatic rings. The summed E-state index contributed by atoms with van der Waals surface area (Å²) in [4.78, 5) is 12.3. The Labute approximate surface area is 94.2 Å². The predicted octanol–water partition coefficient (Wildman–Crippen LogP) is 0.552. The molecule has 0 aliphatic heterocycles. The van der Waals surface area contributed by atoms with E-state index in [0.29, 0.717) is 0 Å². The molecule has 0 fully saturated rings. The zero-order chi connectivity index (χ0) is 11.1. The normalized spacial score (nSPS) is 15.1. The summed E-state index contributed by atoms with van der Waals surface area (Å²) in [6.07, 6.45) is 1.77. The second-order valence-corrected chi connectivity index (χ2v) is 3.82. The molecule has 0 aromatic heterocycles. The van der Waals surface area contributed by atoms with E-state index in [4.69, 9.17) is 15.8 Å². The lowest BCUT2D eigenvalue weighted by Crippen LogP contribution is -2.39. The third kappa shape index (κ3) is 6.38. The average molecular weight is 210 g/mol. The van der Waals surface area contributed by atoms with E-state index < -0.39 is 5.24 Å². The van der Waals surface area contributed by atoms with Crippen LogP contribution in [0, 0.1) is 5.92 Å². The van der Waals surface area contributed by atoms with Crippen molar-refractivity contribution < 1.29 is 4.79 Å². The SMILES string of the molecule is [B]C(NC(=O)S)C(CC)CCN([B])C. The van der Waals surface area contributed by atoms with Crippen molar-refractivity contribution in [1.82, 2.24) is 10.1 Å². The van der Waals surface area contributed by atoms with Gasteiger partial charge in [0.05, 0.1) is 7.85 Å². The van der Waals surface area contributed by atoms with Crippen molar-refractivity contribution >= 4 is 33.7 Å². The van der Waals surface area contributed by atoms with Crippen LogP contribution >= 0.6 is 12.6 Å². The van der Waals surface area contributed by atoms with Gasteiger partial charge in [-0.2, -0.15) is 0 Å². The number of hydrogen-bond acceptors (Lipinski definition) is 2. The number of carbonyl (C=O) groups excluding carboxylic acids is 1. The molecule has 4 radical (unpaired) electrons. The van der Waals surface area contributed by atoms with Crippen molar-refractivity contribution in [2.45, 2.75) is 25.7 Å². The van der Waals surface area contributed by atoms with Crippen LogP contribution in [-0.4, -0.2) is 45.4 Å². The summed E-state index contributed by atoms with van der Waals surface area (Å²) in [7, 11) is 13.1. The van der Waals surface area contributed by atoms with Gasteiger partial charge in [0.1, 0.15) is 0 Å². The Bertz CT molecular complexity index is 181. The van der Waals surface area contributed by atoms with Gasteiger partial charge in [0.2, 0.25) is 0 Å². The van der Waals surface area contributed by atoms with Gasteiger partial charge in [-0.05, 0) is 31.9 Å². The van der Waals surface area contributed by atoms with E-state index in [2.05, 4.69) is 17.9 Å². The highest BCUT2D eigenvalue weighted by atomic mass is 32.1.